The largest absolute Gasteiger partial charge is 0.339 e. The topological polar surface area (TPSA) is 87.5 Å². The molecule has 0 bridgehead atoms. The Balaban J connectivity index is 2.55. The van der Waals surface area contributed by atoms with Gasteiger partial charge < -0.3 is 5.32 Å². The van der Waals surface area contributed by atoms with E-state index in [9.17, 15) is 9.59 Å². The van der Waals surface area contributed by atoms with Crippen molar-refractivity contribution in [3.63, 3.8) is 0 Å². The van der Waals surface area contributed by atoms with E-state index < -0.39 is 12.1 Å². The molecule has 0 unspecified atom stereocenters. The van der Waals surface area contributed by atoms with Gasteiger partial charge in [0, 0.05) is 13.1 Å². The monoisotopic (exact) mass is 144 g/mol. The molecule has 4 N–H and O–H groups in total. The highest BCUT2D eigenvalue weighted by atomic mass is 16.2. The van der Waals surface area contributed by atoms with Gasteiger partial charge in [0.15, 0.2) is 0 Å². The Hall–Kier alpha value is -1.30. The smallest absolute Gasteiger partial charge is 0.336 e. The number of carbonyl (C=O) groups is 2. The van der Waals surface area contributed by atoms with Crippen molar-refractivity contribution in [2.24, 2.45) is 5.84 Å². The summed E-state index contributed by atoms with van der Waals surface area (Å²) >= 11 is 0. The average Bonchev–Trinajstić information content (AvgIpc) is 2.34. The minimum absolute atomic E-state index is 0.377. The Morgan fingerprint density at radius 1 is 1.80 bits per heavy atom. The summed E-state index contributed by atoms with van der Waals surface area (Å²) in [6.45, 7) is 0.869. The minimum atomic E-state index is -0.574. The molecule has 1 saturated heterocycles. The molecule has 6 heteroatoms. The molecular formula is C4H8N4O2. The molecule has 0 aromatic carbocycles. The summed E-state index contributed by atoms with van der Waals surface area (Å²) in [6.07, 6.45) is 0. The fourth-order valence-electron chi connectivity index (χ4n) is 0.743. The van der Waals surface area contributed by atoms with Crippen LogP contribution in [-0.4, -0.2) is 30.1 Å². The third kappa shape index (κ3) is 1.01. The van der Waals surface area contributed by atoms with E-state index >= 15 is 0 Å². The number of rotatable bonds is 0. The molecule has 0 aromatic heterocycles. The van der Waals surface area contributed by atoms with Crippen LogP contribution in [0.15, 0.2) is 0 Å². The molecule has 0 spiro atoms. The second-order valence-corrected chi connectivity index (χ2v) is 1.83. The first-order chi connectivity index (χ1) is 4.75. The van der Waals surface area contributed by atoms with Crippen LogP contribution >= 0.6 is 0 Å². The molecule has 0 aliphatic carbocycles. The van der Waals surface area contributed by atoms with Crippen molar-refractivity contribution in [3.8, 4) is 0 Å². The highest BCUT2D eigenvalue weighted by Crippen LogP contribution is 1.94. The zero-order chi connectivity index (χ0) is 7.56. The van der Waals surface area contributed by atoms with Crippen molar-refractivity contribution in [2.45, 2.75) is 0 Å². The Labute approximate surface area is 57.3 Å². The summed E-state index contributed by atoms with van der Waals surface area (Å²) in [7, 11) is 0. The van der Waals surface area contributed by atoms with E-state index in [4.69, 9.17) is 5.84 Å². The summed E-state index contributed by atoms with van der Waals surface area (Å²) in [5.74, 6) is 4.79. The Bertz CT molecular complexity index is 169. The van der Waals surface area contributed by atoms with Gasteiger partial charge in [-0.2, -0.15) is 0 Å². The van der Waals surface area contributed by atoms with Crippen molar-refractivity contribution in [1.29, 1.82) is 0 Å². The zero-order valence-electron chi connectivity index (χ0n) is 5.26. The molecule has 0 aromatic rings. The van der Waals surface area contributed by atoms with Gasteiger partial charge in [-0.15, -0.1) is 0 Å². The Morgan fingerprint density at radius 3 is 2.90 bits per heavy atom. The number of nitrogens with zero attached hydrogens (tertiary/aromatic N) is 1. The van der Waals surface area contributed by atoms with Crippen LogP contribution in [0.1, 0.15) is 0 Å². The zero-order valence-corrected chi connectivity index (χ0v) is 5.26. The molecule has 0 atom stereocenters. The molecule has 6 nitrogen and oxygen atoms in total. The van der Waals surface area contributed by atoms with Crippen molar-refractivity contribution < 1.29 is 9.59 Å². The third-order valence-corrected chi connectivity index (χ3v) is 1.23. The number of carbonyl (C=O) groups excluding carboxylic acids is 2. The van der Waals surface area contributed by atoms with Crippen LogP contribution in [0.5, 0.6) is 0 Å². The lowest BCUT2D eigenvalue weighted by molar-refractivity contribution is 0.199. The second kappa shape index (κ2) is 2.53. The Morgan fingerprint density at radius 2 is 2.50 bits per heavy atom. The molecule has 1 aliphatic rings. The lowest BCUT2D eigenvalue weighted by atomic mass is 10.6. The summed E-state index contributed by atoms with van der Waals surface area (Å²) in [5.41, 5.74) is 1.86. The molecule has 10 heavy (non-hydrogen) atoms. The van der Waals surface area contributed by atoms with Crippen molar-refractivity contribution in [3.05, 3.63) is 0 Å². The SMILES string of the molecule is NNC(=O)N1CCNC1=O. The summed E-state index contributed by atoms with van der Waals surface area (Å²) in [5, 5.41) is 2.46. The van der Waals surface area contributed by atoms with E-state index in [0.29, 0.717) is 13.1 Å². The number of urea groups is 2. The Kier molecular flexibility index (Phi) is 1.72. The highest BCUT2D eigenvalue weighted by molar-refractivity contribution is 5.94. The van der Waals surface area contributed by atoms with E-state index in [-0.39, 0.29) is 0 Å². The quantitative estimate of drug-likeness (QED) is 0.222. The summed E-state index contributed by atoms with van der Waals surface area (Å²) in [6, 6.07) is -0.974. The van der Waals surface area contributed by atoms with Crippen molar-refractivity contribution in [2.75, 3.05) is 13.1 Å². The number of hydrogen-bond donors (Lipinski definition) is 3. The van der Waals surface area contributed by atoms with Crippen LogP contribution in [-0.2, 0) is 0 Å². The number of amides is 4. The molecular weight excluding hydrogens is 136 g/mol. The number of hydrogen-bond acceptors (Lipinski definition) is 3. The van der Waals surface area contributed by atoms with Crippen molar-refractivity contribution in [1.82, 2.24) is 15.6 Å². The standard InChI is InChI=1S/C4H8N4O2/c5-7-4(10)8-2-1-6-3(8)9/h1-2,5H2,(H,6,9)(H,7,10). The van der Waals surface area contributed by atoms with Crippen LogP contribution < -0.4 is 16.6 Å². The number of nitrogens with one attached hydrogen (secondary N) is 2. The van der Waals surface area contributed by atoms with Gasteiger partial charge in [-0.25, -0.2) is 20.3 Å². The number of nitrogens with two attached hydrogens (primary N) is 1. The lowest BCUT2D eigenvalue weighted by Crippen LogP contribution is -2.44. The van der Waals surface area contributed by atoms with Crippen LogP contribution in [0.4, 0.5) is 9.59 Å². The van der Waals surface area contributed by atoms with Crippen molar-refractivity contribution >= 4 is 12.1 Å². The predicted molar refractivity (Wildman–Crippen MR) is 32.8 cm³/mol. The maximum absolute atomic E-state index is 10.7. The van der Waals surface area contributed by atoms with E-state index in [0.717, 1.165) is 4.90 Å². The molecule has 1 rings (SSSR count). The van der Waals surface area contributed by atoms with E-state index in [1.54, 1.807) is 0 Å². The molecule has 1 aliphatic heterocycles. The van der Waals surface area contributed by atoms with Gasteiger partial charge in [-0.05, 0) is 0 Å². The second-order valence-electron chi connectivity index (χ2n) is 1.83. The maximum Gasteiger partial charge on any atom is 0.339 e. The lowest BCUT2D eigenvalue weighted by Gasteiger charge is -2.09. The first-order valence-corrected chi connectivity index (χ1v) is 2.81. The molecule has 0 saturated carbocycles. The van der Waals surface area contributed by atoms with Gasteiger partial charge in [-0.3, -0.25) is 5.43 Å². The first-order valence-electron chi connectivity index (χ1n) is 2.81. The molecule has 4 amide bonds. The predicted octanol–water partition coefficient (Wildman–Crippen LogP) is -1.41. The van der Waals surface area contributed by atoms with Crippen LogP contribution in [0, 0.1) is 0 Å². The van der Waals surface area contributed by atoms with E-state index in [1.807, 2.05) is 5.43 Å². The average molecular weight is 144 g/mol. The summed E-state index contributed by atoms with van der Waals surface area (Å²) < 4.78 is 0. The normalized spacial score (nSPS) is 16.9. The molecule has 0 radical (unpaired) electrons. The van der Waals surface area contributed by atoms with Crippen LogP contribution in [0.3, 0.4) is 0 Å². The number of imide groups is 1. The highest BCUT2D eigenvalue weighted by Gasteiger charge is 2.24. The summed E-state index contributed by atoms with van der Waals surface area (Å²) in [4.78, 5) is 22.3. The van der Waals surface area contributed by atoms with E-state index in [2.05, 4.69) is 5.32 Å². The van der Waals surface area contributed by atoms with Gasteiger partial charge in [-0.1, -0.05) is 0 Å². The van der Waals surface area contributed by atoms with Gasteiger partial charge in [0.2, 0.25) is 0 Å². The molecule has 1 fully saturated rings. The third-order valence-electron chi connectivity index (χ3n) is 1.23. The van der Waals surface area contributed by atoms with Gasteiger partial charge >= 0.3 is 12.1 Å². The molecule has 1 heterocycles. The van der Waals surface area contributed by atoms with Gasteiger partial charge in [0.1, 0.15) is 0 Å². The molecule has 56 valence electrons. The van der Waals surface area contributed by atoms with Gasteiger partial charge in [0.05, 0.1) is 0 Å². The van der Waals surface area contributed by atoms with E-state index in [1.165, 1.54) is 0 Å². The fourth-order valence-corrected chi connectivity index (χ4v) is 0.743. The van der Waals surface area contributed by atoms with Gasteiger partial charge in [0.25, 0.3) is 0 Å². The number of hydrazine groups is 1. The van der Waals surface area contributed by atoms with Crippen LogP contribution in [0.2, 0.25) is 0 Å². The maximum atomic E-state index is 10.7. The van der Waals surface area contributed by atoms with Crippen LogP contribution in [0.25, 0.3) is 0 Å². The minimum Gasteiger partial charge on any atom is -0.336 e. The fraction of sp³-hybridized carbons (Fsp3) is 0.500. The first kappa shape index (κ1) is 6.81.